The van der Waals surface area contributed by atoms with Gasteiger partial charge in [-0.3, -0.25) is 0 Å². The summed E-state index contributed by atoms with van der Waals surface area (Å²) in [6.07, 6.45) is 3.09. The molecule has 1 aliphatic carbocycles. The SMILES string of the molecule is CC(C)CC1CCc2nnn(C(C)C)c2C(F)(F)CC1. The van der Waals surface area contributed by atoms with Crippen molar-refractivity contribution in [2.24, 2.45) is 11.8 Å². The van der Waals surface area contributed by atoms with Crippen molar-refractivity contribution in [3.63, 3.8) is 0 Å². The number of fused-ring (bicyclic) bond motifs is 1. The van der Waals surface area contributed by atoms with Gasteiger partial charge in [-0.25, -0.2) is 4.68 Å². The highest BCUT2D eigenvalue weighted by Gasteiger charge is 2.41. The first-order valence-electron chi connectivity index (χ1n) is 7.63. The molecule has 0 spiro atoms. The molecule has 0 aliphatic heterocycles. The third kappa shape index (κ3) is 3.18. The Labute approximate surface area is 119 Å². The van der Waals surface area contributed by atoms with Crippen LogP contribution < -0.4 is 0 Å². The van der Waals surface area contributed by atoms with Crippen molar-refractivity contribution < 1.29 is 8.78 Å². The lowest BCUT2D eigenvalue weighted by atomic mass is 9.84. The van der Waals surface area contributed by atoms with E-state index in [2.05, 4.69) is 24.2 Å². The Morgan fingerprint density at radius 3 is 2.55 bits per heavy atom. The number of aryl methyl sites for hydroxylation is 1. The lowest BCUT2D eigenvalue weighted by Crippen LogP contribution is -2.25. The molecule has 20 heavy (non-hydrogen) atoms. The molecule has 1 atom stereocenters. The highest BCUT2D eigenvalue weighted by Crippen LogP contribution is 2.40. The normalized spacial score (nSPS) is 22.7. The van der Waals surface area contributed by atoms with E-state index in [0.29, 0.717) is 30.4 Å². The highest BCUT2D eigenvalue weighted by atomic mass is 19.3. The Hall–Kier alpha value is -1.00. The van der Waals surface area contributed by atoms with Gasteiger partial charge in [-0.05, 0) is 51.4 Å². The minimum absolute atomic E-state index is 0.0514. The lowest BCUT2D eigenvalue weighted by molar-refractivity contribution is -0.0326. The molecular formula is C15H25F2N3. The van der Waals surface area contributed by atoms with Crippen molar-refractivity contribution in [1.82, 2.24) is 15.0 Å². The van der Waals surface area contributed by atoms with E-state index < -0.39 is 5.92 Å². The molecule has 0 saturated carbocycles. The first-order chi connectivity index (χ1) is 9.31. The van der Waals surface area contributed by atoms with Gasteiger partial charge in [0, 0.05) is 12.5 Å². The topological polar surface area (TPSA) is 30.7 Å². The van der Waals surface area contributed by atoms with E-state index in [4.69, 9.17) is 0 Å². The van der Waals surface area contributed by atoms with Crippen molar-refractivity contribution >= 4 is 0 Å². The Morgan fingerprint density at radius 2 is 1.95 bits per heavy atom. The van der Waals surface area contributed by atoms with E-state index in [1.165, 1.54) is 4.68 Å². The van der Waals surface area contributed by atoms with Crippen molar-refractivity contribution in [3.05, 3.63) is 11.4 Å². The summed E-state index contributed by atoms with van der Waals surface area (Å²) in [5.74, 6) is -1.88. The maximum absolute atomic E-state index is 14.5. The van der Waals surface area contributed by atoms with Gasteiger partial charge in [0.25, 0.3) is 5.92 Å². The van der Waals surface area contributed by atoms with E-state index in [0.717, 1.165) is 12.8 Å². The van der Waals surface area contributed by atoms with Crippen LogP contribution in [0.4, 0.5) is 8.78 Å². The van der Waals surface area contributed by atoms with Gasteiger partial charge in [0.05, 0.1) is 5.69 Å². The number of alkyl halides is 2. The van der Waals surface area contributed by atoms with E-state index in [9.17, 15) is 8.78 Å². The third-order valence-corrected chi connectivity index (χ3v) is 4.06. The Kier molecular flexibility index (Phi) is 4.45. The average molecular weight is 285 g/mol. The fourth-order valence-electron chi connectivity index (χ4n) is 3.13. The number of halogens is 2. The van der Waals surface area contributed by atoms with Crippen LogP contribution in [0.1, 0.15) is 70.8 Å². The summed E-state index contributed by atoms with van der Waals surface area (Å²) in [7, 11) is 0. The van der Waals surface area contributed by atoms with Crippen LogP contribution in [-0.4, -0.2) is 15.0 Å². The van der Waals surface area contributed by atoms with Gasteiger partial charge < -0.3 is 0 Å². The van der Waals surface area contributed by atoms with Crippen molar-refractivity contribution in [3.8, 4) is 0 Å². The summed E-state index contributed by atoms with van der Waals surface area (Å²) in [5, 5.41) is 7.97. The molecular weight excluding hydrogens is 260 g/mol. The maximum atomic E-state index is 14.5. The molecule has 2 rings (SSSR count). The van der Waals surface area contributed by atoms with Gasteiger partial charge in [-0.1, -0.05) is 19.1 Å². The standard InChI is InChI=1S/C15H25F2N3/c1-10(2)9-12-5-6-13-14(15(16,17)8-7-12)20(11(3)4)19-18-13/h10-12H,5-9H2,1-4H3. The smallest absolute Gasteiger partial charge is 0.240 e. The van der Waals surface area contributed by atoms with Gasteiger partial charge in [0.2, 0.25) is 0 Å². The second-order valence-electron chi connectivity index (χ2n) is 6.70. The van der Waals surface area contributed by atoms with Crippen LogP contribution >= 0.6 is 0 Å². The Balaban J connectivity index is 2.28. The monoisotopic (exact) mass is 285 g/mol. The average Bonchev–Trinajstić information content (AvgIpc) is 2.75. The maximum Gasteiger partial charge on any atom is 0.291 e. The molecule has 0 N–H and O–H groups in total. The van der Waals surface area contributed by atoms with Crippen LogP contribution in [0.3, 0.4) is 0 Å². The fourth-order valence-corrected chi connectivity index (χ4v) is 3.13. The quantitative estimate of drug-likeness (QED) is 0.827. The number of rotatable bonds is 3. The van der Waals surface area contributed by atoms with E-state index in [1.807, 2.05) is 13.8 Å². The highest BCUT2D eigenvalue weighted by molar-refractivity contribution is 5.18. The molecule has 3 nitrogen and oxygen atoms in total. The lowest BCUT2D eigenvalue weighted by Gasteiger charge is -2.27. The number of hydrogen-bond acceptors (Lipinski definition) is 2. The van der Waals surface area contributed by atoms with Gasteiger partial charge in [0.1, 0.15) is 5.69 Å². The molecule has 0 aromatic carbocycles. The van der Waals surface area contributed by atoms with Crippen LogP contribution in [0.2, 0.25) is 0 Å². The van der Waals surface area contributed by atoms with Crippen LogP contribution in [0.5, 0.6) is 0 Å². The number of aromatic nitrogens is 3. The summed E-state index contributed by atoms with van der Waals surface area (Å²) in [6.45, 7) is 8.03. The molecule has 0 fully saturated rings. The molecule has 1 heterocycles. The Bertz CT molecular complexity index is 452. The molecule has 0 bridgehead atoms. The van der Waals surface area contributed by atoms with Gasteiger partial charge >= 0.3 is 0 Å². The van der Waals surface area contributed by atoms with Gasteiger partial charge in [-0.15, -0.1) is 5.10 Å². The third-order valence-electron chi connectivity index (χ3n) is 4.06. The van der Waals surface area contributed by atoms with Crippen LogP contribution in [0, 0.1) is 11.8 Å². The number of hydrogen-bond donors (Lipinski definition) is 0. The zero-order chi connectivity index (χ0) is 14.9. The first kappa shape index (κ1) is 15.4. The molecule has 0 saturated heterocycles. The second-order valence-corrected chi connectivity index (χ2v) is 6.70. The van der Waals surface area contributed by atoms with E-state index >= 15 is 0 Å². The second kappa shape index (κ2) is 5.78. The zero-order valence-corrected chi connectivity index (χ0v) is 12.9. The molecule has 0 amide bonds. The van der Waals surface area contributed by atoms with Crippen LogP contribution in [0.15, 0.2) is 0 Å². The summed E-state index contributed by atoms with van der Waals surface area (Å²) in [4.78, 5) is 0. The van der Waals surface area contributed by atoms with Crippen molar-refractivity contribution in [2.45, 2.75) is 71.8 Å². The fraction of sp³-hybridized carbons (Fsp3) is 0.867. The molecule has 1 aromatic rings. The van der Waals surface area contributed by atoms with Crippen molar-refractivity contribution in [2.75, 3.05) is 0 Å². The molecule has 0 radical (unpaired) electrons. The summed E-state index contributed by atoms with van der Waals surface area (Å²) >= 11 is 0. The molecule has 1 aromatic heterocycles. The predicted molar refractivity (Wildman–Crippen MR) is 74.8 cm³/mol. The van der Waals surface area contributed by atoms with Crippen molar-refractivity contribution in [1.29, 1.82) is 0 Å². The summed E-state index contributed by atoms with van der Waals surface area (Å²) in [6, 6.07) is -0.0805. The van der Waals surface area contributed by atoms with Gasteiger partial charge in [-0.2, -0.15) is 8.78 Å². The van der Waals surface area contributed by atoms with Gasteiger partial charge in [0.15, 0.2) is 0 Å². The first-order valence-corrected chi connectivity index (χ1v) is 7.63. The minimum atomic E-state index is -2.81. The number of nitrogens with zero attached hydrogens (tertiary/aromatic N) is 3. The summed E-state index contributed by atoms with van der Waals surface area (Å²) in [5.41, 5.74) is 0.549. The van der Waals surface area contributed by atoms with Crippen LogP contribution in [-0.2, 0) is 12.3 Å². The van der Waals surface area contributed by atoms with E-state index in [1.54, 1.807) is 0 Å². The Morgan fingerprint density at radius 1 is 1.25 bits per heavy atom. The largest absolute Gasteiger partial charge is 0.291 e. The minimum Gasteiger partial charge on any atom is -0.240 e. The van der Waals surface area contributed by atoms with E-state index in [-0.39, 0.29) is 18.2 Å². The molecule has 1 aliphatic rings. The molecule has 114 valence electrons. The predicted octanol–water partition coefficient (Wildman–Crippen LogP) is 4.34. The molecule has 1 unspecified atom stereocenters. The van der Waals surface area contributed by atoms with Crippen LogP contribution in [0.25, 0.3) is 0 Å². The zero-order valence-electron chi connectivity index (χ0n) is 12.9. The summed E-state index contributed by atoms with van der Waals surface area (Å²) < 4.78 is 30.4. The molecule has 5 heteroatoms.